The molecule has 2 unspecified atom stereocenters. The largest absolute Gasteiger partial charge is 0.380 e. The Morgan fingerprint density at radius 2 is 2.00 bits per heavy atom. The molecule has 2 nitrogen and oxygen atoms in total. The van der Waals surface area contributed by atoms with Crippen molar-refractivity contribution in [2.75, 3.05) is 18.4 Å². The zero-order valence-corrected chi connectivity index (χ0v) is 11.6. The molecule has 98 valence electrons. The first kappa shape index (κ1) is 12.0. The monoisotopic (exact) mass is 244 g/mol. The Bertz CT molecular complexity index is 427. The molecule has 2 fully saturated rings. The van der Waals surface area contributed by atoms with Crippen molar-refractivity contribution in [1.29, 1.82) is 0 Å². The fourth-order valence-corrected chi connectivity index (χ4v) is 3.59. The highest BCUT2D eigenvalue weighted by atomic mass is 15.2. The standard InChI is InChI=1S/C16H24N2/c1-12-6-7-14(13(2)11-12)17-15-8-10-18-9-4-3-5-16(15)18/h6-7,11,15-17H,3-5,8-10H2,1-2H3. The molecule has 1 aromatic rings. The highest BCUT2D eigenvalue weighted by molar-refractivity contribution is 5.53. The van der Waals surface area contributed by atoms with Gasteiger partial charge in [0.1, 0.15) is 0 Å². The van der Waals surface area contributed by atoms with Gasteiger partial charge in [-0.05, 0) is 51.3 Å². The van der Waals surface area contributed by atoms with Gasteiger partial charge < -0.3 is 5.32 Å². The first-order chi connectivity index (χ1) is 8.74. The minimum atomic E-state index is 0.659. The summed E-state index contributed by atoms with van der Waals surface area (Å²) in [6, 6.07) is 8.17. The second-order valence-corrected chi connectivity index (χ2v) is 5.96. The van der Waals surface area contributed by atoms with Crippen LogP contribution in [-0.4, -0.2) is 30.1 Å². The molecule has 2 heterocycles. The van der Waals surface area contributed by atoms with Crippen LogP contribution in [0.1, 0.15) is 36.8 Å². The maximum absolute atomic E-state index is 3.79. The van der Waals surface area contributed by atoms with Crippen molar-refractivity contribution in [1.82, 2.24) is 4.90 Å². The predicted octanol–water partition coefficient (Wildman–Crippen LogP) is 3.34. The van der Waals surface area contributed by atoms with Crippen molar-refractivity contribution in [3.8, 4) is 0 Å². The number of fused-ring (bicyclic) bond motifs is 1. The molecule has 0 aliphatic carbocycles. The lowest BCUT2D eigenvalue weighted by molar-refractivity contribution is 0.193. The predicted molar refractivity (Wildman–Crippen MR) is 77.2 cm³/mol. The van der Waals surface area contributed by atoms with Crippen molar-refractivity contribution < 1.29 is 0 Å². The van der Waals surface area contributed by atoms with Crippen molar-refractivity contribution in [2.45, 2.75) is 51.6 Å². The van der Waals surface area contributed by atoms with Crippen molar-refractivity contribution in [3.05, 3.63) is 29.3 Å². The number of rotatable bonds is 2. The molecule has 2 aliphatic heterocycles. The number of aryl methyl sites for hydroxylation is 2. The first-order valence-electron chi connectivity index (χ1n) is 7.32. The first-order valence-corrected chi connectivity index (χ1v) is 7.32. The molecular formula is C16H24N2. The van der Waals surface area contributed by atoms with Crippen molar-refractivity contribution in [3.63, 3.8) is 0 Å². The summed E-state index contributed by atoms with van der Waals surface area (Å²) in [6.45, 7) is 6.97. The quantitative estimate of drug-likeness (QED) is 0.858. The summed E-state index contributed by atoms with van der Waals surface area (Å²) < 4.78 is 0. The molecule has 0 radical (unpaired) electrons. The zero-order valence-electron chi connectivity index (χ0n) is 11.6. The third-order valence-corrected chi connectivity index (χ3v) is 4.58. The SMILES string of the molecule is Cc1ccc(NC2CCN3CCCCC23)c(C)c1. The molecule has 18 heavy (non-hydrogen) atoms. The Morgan fingerprint density at radius 3 is 2.83 bits per heavy atom. The summed E-state index contributed by atoms with van der Waals surface area (Å²) in [5.41, 5.74) is 4.06. The van der Waals surface area contributed by atoms with E-state index in [1.807, 2.05) is 0 Å². The molecular weight excluding hydrogens is 220 g/mol. The second-order valence-electron chi connectivity index (χ2n) is 5.96. The van der Waals surface area contributed by atoms with Crippen LogP contribution in [0.5, 0.6) is 0 Å². The number of nitrogens with one attached hydrogen (secondary N) is 1. The van der Waals surface area contributed by atoms with Crippen LogP contribution in [0.4, 0.5) is 5.69 Å². The summed E-state index contributed by atoms with van der Waals surface area (Å²) in [7, 11) is 0. The third kappa shape index (κ3) is 2.26. The lowest BCUT2D eigenvalue weighted by Crippen LogP contribution is -2.41. The van der Waals surface area contributed by atoms with E-state index < -0.39 is 0 Å². The highest BCUT2D eigenvalue weighted by Crippen LogP contribution is 2.30. The number of anilines is 1. The Kier molecular flexibility index (Phi) is 3.29. The van der Waals surface area contributed by atoms with Gasteiger partial charge in [-0.3, -0.25) is 4.90 Å². The molecule has 2 saturated heterocycles. The van der Waals surface area contributed by atoms with Gasteiger partial charge in [0.15, 0.2) is 0 Å². The Balaban J connectivity index is 1.72. The molecule has 0 spiro atoms. The van der Waals surface area contributed by atoms with E-state index in [4.69, 9.17) is 0 Å². The van der Waals surface area contributed by atoms with E-state index in [1.165, 1.54) is 55.6 Å². The molecule has 2 atom stereocenters. The number of piperidine rings is 1. The molecule has 2 heteroatoms. The molecule has 1 aromatic carbocycles. The van der Waals surface area contributed by atoms with Gasteiger partial charge >= 0.3 is 0 Å². The summed E-state index contributed by atoms with van der Waals surface area (Å²) in [4.78, 5) is 2.69. The van der Waals surface area contributed by atoms with Crippen LogP contribution >= 0.6 is 0 Å². The molecule has 0 aromatic heterocycles. The Hall–Kier alpha value is -1.02. The van der Waals surface area contributed by atoms with E-state index in [0.717, 1.165) is 6.04 Å². The number of hydrogen-bond acceptors (Lipinski definition) is 2. The van der Waals surface area contributed by atoms with E-state index in [-0.39, 0.29) is 0 Å². The van der Waals surface area contributed by atoms with E-state index >= 15 is 0 Å². The molecule has 1 N–H and O–H groups in total. The third-order valence-electron chi connectivity index (χ3n) is 4.58. The maximum Gasteiger partial charge on any atom is 0.0429 e. The molecule has 2 aliphatic rings. The van der Waals surface area contributed by atoms with Crippen LogP contribution < -0.4 is 5.32 Å². The summed E-state index contributed by atoms with van der Waals surface area (Å²) in [6.07, 6.45) is 5.49. The minimum Gasteiger partial charge on any atom is -0.380 e. The molecule has 0 amide bonds. The van der Waals surface area contributed by atoms with Gasteiger partial charge in [-0.2, -0.15) is 0 Å². The fraction of sp³-hybridized carbons (Fsp3) is 0.625. The summed E-state index contributed by atoms with van der Waals surface area (Å²) in [5.74, 6) is 0. The average Bonchev–Trinajstić information content (AvgIpc) is 2.76. The highest BCUT2D eigenvalue weighted by Gasteiger charge is 2.35. The van der Waals surface area contributed by atoms with Gasteiger partial charge in [-0.15, -0.1) is 0 Å². The second kappa shape index (κ2) is 4.93. The number of benzene rings is 1. The van der Waals surface area contributed by atoms with Gasteiger partial charge in [0.25, 0.3) is 0 Å². The smallest absolute Gasteiger partial charge is 0.0429 e. The van der Waals surface area contributed by atoms with Crippen molar-refractivity contribution >= 4 is 5.69 Å². The van der Waals surface area contributed by atoms with Gasteiger partial charge in [0, 0.05) is 24.3 Å². The lowest BCUT2D eigenvalue weighted by Gasteiger charge is -2.33. The van der Waals surface area contributed by atoms with Crippen LogP contribution in [0.15, 0.2) is 18.2 Å². The maximum atomic E-state index is 3.79. The topological polar surface area (TPSA) is 15.3 Å². The van der Waals surface area contributed by atoms with Crippen LogP contribution in [0, 0.1) is 13.8 Å². The average molecular weight is 244 g/mol. The van der Waals surface area contributed by atoms with Gasteiger partial charge in [-0.1, -0.05) is 24.1 Å². The van der Waals surface area contributed by atoms with Crippen LogP contribution in [0.2, 0.25) is 0 Å². The van der Waals surface area contributed by atoms with Crippen molar-refractivity contribution in [2.24, 2.45) is 0 Å². The fourth-order valence-electron chi connectivity index (χ4n) is 3.59. The Labute approximate surface area is 110 Å². The van der Waals surface area contributed by atoms with E-state index in [9.17, 15) is 0 Å². The van der Waals surface area contributed by atoms with E-state index in [2.05, 4.69) is 42.3 Å². The van der Waals surface area contributed by atoms with Gasteiger partial charge in [0.05, 0.1) is 0 Å². The van der Waals surface area contributed by atoms with E-state index in [0.29, 0.717) is 6.04 Å². The zero-order chi connectivity index (χ0) is 12.5. The van der Waals surface area contributed by atoms with Gasteiger partial charge in [0.2, 0.25) is 0 Å². The lowest BCUT2D eigenvalue weighted by atomic mass is 9.98. The normalized spacial score (nSPS) is 28.1. The van der Waals surface area contributed by atoms with Gasteiger partial charge in [-0.25, -0.2) is 0 Å². The van der Waals surface area contributed by atoms with Crippen LogP contribution in [0.25, 0.3) is 0 Å². The van der Waals surface area contributed by atoms with E-state index in [1.54, 1.807) is 0 Å². The summed E-state index contributed by atoms with van der Waals surface area (Å²) in [5, 5.41) is 3.79. The minimum absolute atomic E-state index is 0.659. The number of nitrogens with zero attached hydrogens (tertiary/aromatic N) is 1. The van der Waals surface area contributed by atoms with Crippen LogP contribution in [-0.2, 0) is 0 Å². The van der Waals surface area contributed by atoms with Crippen LogP contribution in [0.3, 0.4) is 0 Å². The summed E-state index contributed by atoms with van der Waals surface area (Å²) >= 11 is 0. The Morgan fingerprint density at radius 1 is 1.11 bits per heavy atom. The molecule has 0 bridgehead atoms. The molecule has 3 rings (SSSR count). The number of hydrogen-bond donors (Lipinski definition) is 1. The molecule has 0 saturated carbocycles.